The Morgan fingerprint density at radius 2 is 2.00 bits per heavy atom. The number of aliphatic hydroxyl groups excluding tert-OH is 1. The number of halogens is 3. The topological polar surface area (TPSA) is 101 Å². The maximum absolute atomic E-state index is 13.6. The van der Waals surface area contributed by atoms with Crippen molar-refractivity contribution in [2.24, 2.45) is 7.05 Å². The molecule has 3 atom stereocenters. The van der Waals surface area contributed by atoms with E-state index in [-0.39, 0.29) is 31.2 Å². The molecule has 4 rings (SSSR count). The number of fused-ring (bicyclic) bond motifs is 1. The normalized spacial score (nSPS) is 19.6. The number of nitrogens with zero attached hydrogens (tertiary/aromatic N) is 3. The van der Waals surface area contributed by atoms with Gasteiger partial charge in [0.25, 0.3) is 5.56 Å². The molecule has 2 aliphatic rings. The molecule has 9 nitrogen and oxygen atoms in total. The number of rotatable bonds is 8. The lowest BCUT2D eigenvalue weighted by Crippen LogP contribution is -2.47. The number of nitrogens with one attached hydrogen (secondary N) is 2. The highest BCUT2D eigenvalue weighted by Gasteiger charge is 2.36. The largest absolute Gasteiger partial charge is 0.573 e. The molecule has 1 aromatic heterocycles. The molecule has 3 heterocycles. The number of hydrogen-bond donors (Lipinski definition) is 3. The minimum Gasteiger partial charge on any atom is -0.406 e. The highest BCUT2D eigenvalue weighted by Crippen LogP contribution is 2.33. The van der Waals surface area contributed by atoms with Crippen molar-refractivity contribution in [3.05, 3.63) is 74.6 Å². The van der Waals surface area contributed by atoms with Gasteiger partial charge < -0.3 is 25.4 Å². The highest BCUT2D eigenvalue weighted by atomic mass is 19.4. The molecule has 3 unspecified atom stereocenters. The summed E-state index contributed by atoms with van der Waals surface area (Å²) in [6.07, 6.45) is 0.227. The Balaban J connectivity index is 1.71. The van der Waals surface area contributed by atoms with Crippen molar-refractivity contribution in [3.63, 3.8) is 0 Å². The van der Waals surface area contributed by atoms with Crippen molar-refractivity contribution in [2.45, 2.75) is 57.9 Å². The summed E-state index contributed by atoms with van der Waals surface area (Å²) in [6, 6.07) is 5.53. The fourth-order valence-corrected chi connectivity index (χ4v) is 4.49. The summed E-state index contributed by atoms with van der Waals surface area (Å²) in [5.74, 6) is -0.0000576. The average Bonchev–Trinajstić information content (AvgIpc) is 3.16. The average molecular weight is 522 g/mol. The van der Waals surface area contributed by atoms with Crippen molar-refractivity contribution in [1.29, 1.82) is 0 Å². The van der Waals surface area contributed by atoms with Gasteiger partial charge >= 0.3 is 12.1 Å². The van der Waals surface area contributed by atoms with Crippen molar-refractivity contribution in [1.82, 2.24) is 14.5 Å². The lowest BCUT2D eigenvalue weighted by molar-refractivity contribution is -0.274. The number of alkyl halides is 3. The van der Waals surface area contributed by atoms with Crippen LogP contribution in [0.1, 0.15) is 25.8 Å². The first-order valence-electron chi connectivity index (χ1n) is 11.9. The van der Waals surface area contributed by atoms with Gasteiger partial charge in [-0.25, -0.2) is 4.79 Å². The quantitative estimate of drug-likeness (QED) is 0.491. The third kappa shape index (κ3) is 6.01. The molecule has 0 saturated carbocycles. The van der Waals surface area contributed by atoms with E-state index in [0.717, 1.165) is 10.1 Å². The van der Waals surface area contributed by atoms with E-state index in [1.54, 1.807) is 20.0 Å². The van der Waals surface area contributed by atoms with E-state index in [9.17, 15) is 27.9 Å². The molecule has 37 heavy (non-hydrogen) atoms. The van der Waals surface area contributed by atoms with Crippen molar-refractivity contribution in [3.8, 4) is 5.75 Å². The van der Waals surface area contributed by atoms with E-state index in [0.29, 0.717) is 23.6 Å². The van der Waals surface area contributed by atoms with Crippen LogP contribution in [0.15, 0.2) is 57.8 Å². The zero-order valence-corrected chi connectivity index (χ0v) is 20.7. The Morgan fingerprint density at radius 1 is 1.24 bits per heavy atom. The Kier molecular flexibility index (Phi) is 7.39. The van der Waals surface area contributed by atoms with Crippen LogP contribution in [0.3, 0.4) is 0 Å². The minimum absolute atomic E-state index is 0.0509. The van der Waals surface area contributed by atoms with E-state index in [4.69, 9.17) is 0 Å². The SMILES string of the molecule is CC1=CNC(CN2c3c(n(C)c(=O)n(CCC(C)O)c3=O)NC2Cc2cccc(OC(F)(F)F)c2)C=C1. The summed E-state index contributed by atoms with van der Waals surface area (Å²) < 4.78 is 44.7. The maximum Gasteiger partial charge on any atom is 0.573 e. The zero-order valence-electron chi connectivity index (χ0n) is 20.7. The van der Waals surface area contributed by atoms with Gasteiger partial charge in [0.05, 0.1) is 12.1 Å². The Morgan fingerprint density at radius 3 is 2.65 bits per heavy atom. The van der Waals surface area contributed by atoms with Crippen molar-refractivity contribution >= 4 is 11.5 Å². The van der Waals surface area contributed by atoms with Crippen LogP contribution in [0, 0.1) is 0 Å². The first kappa shape index (κ1) is 26.4. The van der Waals surface area contributed by atoms with Gasteiger partial charge in [0.2, 0.25) is 0 Å². The third-order valence-corrected chi connectivity index (χ3v) is 6.33. The first-order valence-corrected chi connectivity index (χ1v) is 11.9. The number of hydrogen-bond acceptors (Lipinski definition) is 7. The fourth-order valence-electron chi connectivity index (χ4n) is 4.49. The van der Waals surface area contributed by atoms with Gasteiger partial charge in [-0.15, -0.1) is 13.2 Å². The molecule has 0 fully saturated rings. The second-order valence-corrected chi connectivity index (χ2v) is 9.37. The van der Waals surface area contributed by atoms with Crippen molar-refractivity contribution < 1.29 is 23.0 Å². The molecule has 12 heteroatoms. The van der Waals surface area contributed by atoms with Gasteiger partial charge in [0, 0.05) is 26.6 Å². The zero-order chi connectivity index (χ0) is 26.9. The van der Waals surface area contributed by atoms with Crippen LogP contribution in [0.4, 0.5) is 24.7 Å². The number of benzene rings is 1. The van der Waals surface area contributed by atoms with E-state index in [2.05, 4.69) is 15.4 Å². The second-order valence-electron chi connectivity index (χ2n) is 9.37. The molecule has 0 aliphatic carbocycles. The fraction of sp³-hybridized carbons (Fsp3) is 0.440. The van der Waals surface area contributed by atoms with Crippen molar-refractivity contribution in [2.75, 3.05) is 16.8 Å². The highest BCUT2D eigenvalue weighted by molar-refractivity contribution is 5.72. The van der Waals surface area contributed by atoms with Gasteiger partial charge in [-0.05, 0) is 49.7 Å². The molecule has 2 aliphatic heterocycles. The molecular weight excluding hydrogens is 491 g/mol. The van der Waals surface area contributed by atoms with Gasteiger partial charge in [-0.1, -0.05) is 24.3 Å². The molecule has 0 spiro atoms. The van der Waals surface area contributed by atoms with Crippen LogP contribution >= 0.6 is 0 Å². The van der Waals surface area contributed by atoms with Crippen LogP contribution in [0.5, 0.6) is 5.75 Å². The summed E-state index contributed by atoms with van der Waals surface area (Å²) >= 11 is 0. The summed E-state index contributed by atoms with van der Waals surface area (Å²) in [6.45, 7) is 3.94. The predicted molar refractivity (Wildman–Crippen MR) is 134 cm³/mol. The number of aliphatic hydroxyl groups is 1. The molecule has 0 saturated heterocycles. The molecular formula is C25H30F3N5O4. The predicted octanol–water partition coefficient (Wildman–Crippen LogP) is 2.45. The third-order valence-electron chi connectivity index (χ3n) is 6.33. The van der Waals surface area contributed by atoms with Crippen LogP contribution in [0.25, 0.3) is 0 Å². The van der Waals surface area contributed by atoms with Gasteiger partial charge in [0.1, 0.15) is 23.4 Å². The number of ether oxygens (including phenoxy) is 1. The van der Waals surface area contributed by atoms with E-state index in [1.807, 2.05) is 30.2 Å². The molecule has 0 bridgehead atoms. The molecule has 0 radical (unpaired) electrons. The van der Waals surface area contributed by atoms with E-state index >= 15 is 0 Å². The smallest absolute Gasteiger partial charge is 0.406 e. The Bertz CT molecular complexity index is 1330. The lowest BCUT2D eigenvalue weighted by Gasteiger charge is -2.30. The second kappa shape index (κ2) is 10.4. The standard InChI is InChI=1S/C25H30F3N5O4/c1-15-7-8-18(29-13-15)14-33-20(12-17-5-4-6-19(11-17)37-25(26,27)28)30-22-21(33)23(35)32(10-9-16(2)34)24(36)31(22)3/h4-8,11,13,16,18,20,29-30,34H,9-10,12,14H2,1-3H3. The molecule has 3 N–H and O–H groups in total. The van der Waals surface area contributed by atoms with Gasteiger partial charge in [-0.3, -0.25) is 13.9 Å². The van der Waals surface area contributed by atoms with Gasteiger partial charge in [-0.2, -0.15) is 0 Å². The van der Waals surface area contributed by atoms with Gasteiger partial charge in [0.15, 0.2) is 0 Å². The number of dihydropyridines is 1. The lowest BCUT2D eigenvalue weighted by atomic mass is 10.1. The summed E-state index contributed by atoms with van der Waals surface area (Å²) in [7, 11) is 1.55. The monoisotopic (exact) mass is 521 g/mol. The summed E-state index contributed by atoms with van der Waals surface area (Å²) in [5.41, 5.74) is 0.875. The molecule has 200 valence electrons. The number of anilines is 2. The van der Waals surface area contributed by atoms with Crippen LogP contribution in [0.2, 0.25) is 0 Å². The van der Waals surface area contributed by atoms with E-state index < -0.39 is 29.9 Å². The van der Waals surface area contributed by atoms with Crippen LogP contribution < -0.4 is 31.5 Å². The van der Waals surface area contributed by atoms with Crippen LogP contribution in [-0.4, -0.2) is 45.5 Å². The maximum atomic E-state index is 13.6. The molecule has 0 amide bonds. The number of aromatic nitrogens is 2. The minimum atomic E-state index is -4.81. The Labute approximate surface area is 211 Å². The Hall–Kier alpha value is -3.67. The molecule has 2 aromatic rings. The van der Waals surface area contributed by atoms with Crippen LogP contribution in [-0.2, 0) is 20.0 Å². The number of allylic oxidation sites excluding steroid dienone is 2. The summed E-state index contributed by atoms with van der Waals surface area (Å²) in [4.78, 5) is 28.4. The van der Waals surface area contributed by atoms with E-state index in [1.165, 1.54) is 22.8 Å². The molecule has 1 aromatic carbocycles. The summed E-state index contributed by atoms with van der Waals surface area (Å²) in [5, 5.41) is 16.2. The first-order chi connectivity index (χ1) is 17.4.